The third-order valence-electron chi connectivity index (χ3n) is 2.13. The quantitative estimate of drug-likeness (QED) is 0.910. The van der Waals surface area contributed by atoms with Gasteiger partial charge in [-0.15, -0.1) is 11.3 Å². The molecule has 0 aromatic carbocycles. The summed E-state index contributed by atoms with van der Waals surface area (Å²) in [6.45, 7) is 7.05. The molecular weight excluding hydrogens is 248 g/mol. The van der Waals surface area contributed by atoms with Crippen molar-refractivity contribution in [3.05, 3.63) is 14.5 Å². The van der Waals surface area contributed by atoms with E-state index in [4.69, 9.17) is 5.73 Å². The van der Waals surface area contributed by atoms with Crippen molar-refractivity contribution in [3.8, 4) is 0 Å². The van der Waals surface area contributed by atoms with Crippen LogP contribution in [0.4, 0.5) is 0 Å². The van der Waals surface area contributed by atoms with E-state index in [9.17, 15) is 0 Å². The summed E-state index contributed by atoms with van der Waals surface area (Å²) in [6, 6.07) is 0. The van der Waals surface area contributed by atoms with Gasteiger partial charge in [0.2, 0.25) is 0 Å². The summed E-state index contributed by atoms with van der Waals surface area (Å²) in [4.78, 5) is 4.49. The van der Waals surface area contributed by atoms with Crippen LogP contribution >= 0.6 is 27.3 Å². The van der Waals surface area contributed by atoms with Crippen LogP contribution in [0.1, 0.15) is 30.5 Å². The van der Waals surface area contributed by atoms with Crippen LogP contribution in [0.15, 0.2) is 3.79 Å². The number of hydrogen-bond acceptors (Lipinski definition) is 3. The summed E-state index contributed by atoms with van der Waals surface area (Å²) in [7, 11) is 0. The Balaban J connectivity index is 2.97. The van der Waals surface area contributed by atoms with Crippen LogP contribution in [0.25, 0.3) is 0 Å². The predicted octanol–water partition coefficient (Wildman–Crippen LogP) is 2.91. The van der Waals surface area contributed by atoms with Crippen LogP contribution in [0.3, 0.4) is 0 Å². The van der Waals surface area contributed by atoms with Crippen molar-refractivity contribution in [2.45, 2.75) is 26.7 Å². The molecule has 1 atom stereocenters. The van der Waals surface area contributed by atoms with Gasteiger partial charge < -0.3 is 5.73 Å². The Kier molecular flexibility index (Phi) is 3.88. The normalized spacial score (nSPS) is 13.7. The second kappa shape index (κ2) is 4.53. The molecule has 0 aliphatic rings. The van der Waals surface area contributed by atoms with Gasteiger partial charge in [-0.2, -0.15) is 0 Å². The zero-order chi connectivity index (χ0) is 10.0. The molecule has 0 amide bonds. The van der Waals surface area contributed by atoms with E-state index in [-0.39, 0.29) is 0 Å². The minimum absolute atomic E-state index is 0.374. The molecule has 0 spiro atoms. The maximum absolute atomic E-state index is 5.73. The van der Waals surface area contributed by atoms with Crippen molar-refractivity contribution in [2.24, 2.45) is 11.7 Å². The van der Waals surface area contributed by atoms with Gasteiger partial charge in [-0.1, -0.05) is 13.8 Å². The number of halogens is 1. The number of nitrogens with zero attached hydrogens (tertiary/aromatic N) is 1. The van der Waals surface area contributed by atoms with Crippen LogP contribution in [-0.2, 0) is 0 Å². The number of aryl methyl sites for hydroxylation is 1. The van der Waals surface area contributed by atoms with Gasteiger partial charge in [-0.05, 0) is 28.8 Å². The van der Waals surface area contributed by atoms with Crippen LogP contribution in [-0.4, -0.2) is 11.5 Å². The molecule has 1 heterocycles. The molecule has 13 heavy (non-hydrogen) atoms. The summed E-state index contributed by atoms with van der Waals surface area (Å²) < 4.78 is 1.13. The first-order valence-electron chi connectivity index (χ1n) is 4.39. The molecular formula is C9H15BrN2S. The molecule has 1 rings (SSSR count). The molecule has 0 bridgehead atoms. The first-order chi connectivity index (χ1) is 6.06. The number of rotatable bonds is 3. The zero-order valence-electron chi connectivity index (χ0n) is 8.17. The highest BCUT2D eigenvalue weighted by Crippen LogP contribution is 2.33. The summed E-state index contributed by atoms with van der Waals surface area (Å²) in [5.41, 5.74) is 6.85. The second-order valence-electron chi connectivity index (χ2n) is 3.48. The average Bonchev–Trinajstić information content (AvgIpc) is 2.31. The summed E-state index contributed by atoms with van der Waals surface area (Å²) in [5, 5.41) is 1.10. The Labute approximate surface area is 91.7 Å². The Bertz CT molecular complexity index is 283. The molecule has 74 valence electrons. The Morgan fingerprint density at radius 1 is 1.54 bits per heavy atom. The van der Waals surface area contributed by atoms with E-state index in [2.05, 4.69) is 34.8 Å². The topological polar surface area (TPSA) is 38.9 Å². The molecule has 0 aliphatic heterocycles. The highest BCUT2D eigenvalue weighted by Gasteiger charge is 2.20. The van der Waals surface area contributed by atoms with Gasteiger partial charge in [0.1, 0.15) is 0 Å². The molecule has 0 saturated carbocycles. The largest absolute Gasteiger partial charge is 0.330 e. The fraction of sp³-hybridized carbons (Fsp3) is 0.667. The minimum Gasteiger partial charge on any atom is -0.330 e. The lowest BCUT2D eigenvalue weighted by Gasteiger charge is -2.16. The number of aromatic nitrogens is 1. The number of hydrogen-bond donors (Lipinski definition) is 1. The molecule has 0 saturated heterocycles. The maximum atomic E-state index is 5.73. The van der Waals surface area contributed by atoms with Gasteiger partial charge in [0.15, 0.2) is 0 Å². The SMILES string of the molecule is Cc1nc(C(CN)C(C)C)c(Br)s1. The molecule has 0 radical (unpaired) electrons. The predicted molar refractivity (Wildman–Crippen MR) is 61.2 cm³/mol. The van der Waals surface area contributed by atoms with Crippen molar-refractivity contribution in [3.63, 3.8) is 0 Å². The van der Waals surface area contributed by atoms with E-state index in [1.807, 2.05) is 6.92 Å². The Morgan fingerprint density at radius 3 is 2.46 bits per heavy atom. The highest BCUT2D eigenvalue weighted by atomic mass is 79.9. The van der Waals surface area contributed by atoms with Gasteiger partial charge in [0.05, 0.1) is 14.5 Å². The molecule has 0 aliphatic carbocycles. The minimum atomic E-state index is 0.374. The Morgan fingerprint density at radius 2 is 2.15 bits per heavy atom. The van der Waals surface area contributed by atoms with E-state index in [1.54, 1.807) is 11.3 Å². The summed E-state index contributed by atoms with van der Waals surface area (Å²) in [5.74, 6) is 0.919. The monoisotopic (exact) mass is 262 g/mol. The lowest BCUT2D eigenvalue weighted by molar-refractivity contribution is 0.496. The molecule has 2 N–H and O–H groups in total. The van der Waals surface area contributed by atoms with Crippen molar-refractivity contribution in [1.82, 2.24) is 4.98 Å². The van der Waals surface area contributed by atoms with E-state index in [0.717, 1.165) is 14.5 Å². The van der Waals surface area contributed by atoms with Crippen molar-refractivity contribution < 1.29 is 0 Å². The lowest BCUT2D eigenvalue weighted by Crippen LogP contribution is -2.18. The third kappa shape index (κ3) is 2.51. The van der Waals surface area contributed by atoms with Gasteiger partial charge >= 0.3 is 0 Å². The summed E-state index contributed by atoms with van der Waals surface area (Å²) >= 11 is 5.21. The third-order valence-corrected chi connectivity index (χ3v) is 3.79. The smallest absolute Gasteiger partial charge is 0.0935 e. The average molecular weight is 263 g/mol. The number of thiazole rings is 1. The Hall–Kier alpha value is 0.0700. The fourth-order valence-electron chi connectivity index (χ4n) is 1.35. The van der Waals surface area contributed by atoms with Crippen molar-refractivity contribution in [2.75, 3.05) is 6.54 Å². The standard InChI is InChI=1S/C9H15BrN2S/c1-5(2)7(4-11)8-9(10)13-6(3)12-8/h5,7H,4,11H2,1-3H3. The zero-order valence-corrected chi connectivity index (χ0v) is 10.6. The fourth-order valence-corrected chi connectivity index (χ4v) is 3.14. The van der Waals surface area contributed by atoms with Crippen LogP contribution in [0, 0.1) is 12.8 Å². The van der Waals surface area contributed by atoms with E-state index < -0.39 is 0 Å². The maximum Gasteiger partial charge on any atom is 0.0935 e. The first-order valence-corrected chi connectivity index (χ1v) is 6.00. The van der Waals surface area contributed by atoms with E-state index in [1.165, 1.54) is 0 Å². The van der Waals surface area contributed by atoms with Crippen LogP contribution in [0.5, 0.6) is 0 Å². The van der Waals surface area contributed by atoms with Crippen molar-refractivity contribution >= 4 is 27.3 Å². The molecule has 1 unspecified atom stereocenters. The second-order valence-corrected chi connectivity index (χ2v) is 6.00. The molecule has 1 aromatic rings. The highest BCUT2D eigenvalue weighted by molar-refractivity contribution is 9.11. The van der Waals surface area contributed by atoms with Crippen molar-refractivity contribution in [1.29, 1.82) is 0 Å². The molecule has 2 nitrogen and oxygen atoms in total. The van der Waals surface area contributed by atoms with E-state index in [0.29, 0.717) is 18.4 Å². The van der Waals surface area contributed by atoms with Crippen LogP contribution < -0.4 is 5.73 Å². The summed E-state index contributed by atoms with van der Waals surface area (Å²) in [6.07, 6.45) is 0. The van der Waals surface area contributed by atoms with Gasteiger partial charge in [0, 0.05) is 12.5 Å². The first kappa shape index (κ1) is 11.1. The number of nitrogens with two attached hydrogens (primary N) is 1. The van der Waals surface area contributed by atoms with Gasteiger partial charge in [0.25, 0.3) is 0 Å². The van der Waals surface area contributed by atoms with Crippen LogP contribution in [0.2, 0.25) is 0 Å². The van der Waals surface area contributed by atoms with Gasteiger partial charge in [-0.3, -0.25) is 0 Å². The van der Waals surface area contributed by atoms with Gasteiger partial charge in [-0.25, -0.2) is 4.98 Å². The molecule has 4 heteroatoms. The molecule has 0 fully saturated rings. The molecule has 1 aromatic heterocycles. The van der Waals surface area contributed by atoms with E-state index >= 15 is 0 Å². The lowest BCUT2D eigenvalue weighted by atomic mass is 9.93.